The highest BCUT2D eigenvalue weighted by atomic mass is 35.5. The predicted octanol–water partition coefficient (Wildman–Crippen LogP) is 5.36. The molecule has 1 aromatic heterocycles. The molecule has 1 heterocycles. The lowest BCUT2D eigenvalue weighted by Gasteiger charge is -2.22. The van der Waals surface area contributed by atoms with E-state index in [-0.39, 0.29) is 4.90 Å². The number of pyridine rings is 1. The molecule has 0 amide bonds. The van der Waals surface area contributed by atoms with Gasteiger partial charge in [0.2, 0.25) is 5.52 Å². The van der Waals surface area contributed by atoms with Crippen molar-refractivity contribution in [3.63, 3.8) is 0 Å². The zero-order valence-electron chi connectivity index (χ0n) is 19.5. The molecular formula is C27H28Cl2N2O3S. The molecule has 0 aliphatic rings. The van der Waals surface area contributed by atoms with Crippen LogP contribution in [0.3, 0.4) is 0 Å². The first-order chi connectivity index (χ1) is 16.8. The van der Waals surface area contributed by atoms with Crippen molar-refractivity contribution in [1.82, 2.24) is 0 Å². The highest BCUT2D eigenvalue weighted by molar-refractivity contribution is 7.85. The fourth-order valence-corrected chi connectivity index (χ4v) is 4.89. The van der Waals surface area contributed by atoms with Crippen molar-refractivity contribution < 1.29 is 17.5 Å². The Morgan fingerprint density at radius 3 is 2.03 bits per heavy atom. The van der Waals surface area contributed by atoms with Crippen molar-refractivity contribution >= 4 is 49.9 Å². The van der Waals surface area contributed by atoms with Crippen LogP contribution in [0.25, 0.3) is 10.9 Å². The maximum Gasteiger partial charge on any atom is 0.212 e. The largest absolute Gasteiger partial charge is 0.744 e. The smallest absolute Gasteiger partial charge is 0.212 e. The van der Waals surface area contributed by atoms with Crippen molar-refractivity contribution in [3.05, 3.63) is 102 Å². The van der Waals surface area contributed by atoms with E-state index in [1.807, 2.05) is 0 Å². The number of alkyl halides is 2. The quantitative estimate of drug-likeness (QED) is 0.175. The average molecular weight is 532 g/mol. The highest BCUT2D eigenvalue weighted by Crippen LogP contribution is 2.16. The van der Waals surface area contributed by atoms with Gasteiger partial charge < -0.3 is 9.45 Å². The molecule has 4 aromatic rings. The molecule has 3 aromatic carbocycles. The lowest BCUT2D eigenvalue weighted by Crippen LogP contribution is -2.34. The Hall–Kier alpha value is -2.64. The molecule has 0 saturated heterocycles. The molecule has 0 spiro atoms. The molecule has 0 atom stereocenters. The second-order valence-electron chi connectivity index (χ2n) is 7.95. The lowest BCUT2D eigenvalue weighted by molar-refractivity contribution is -0.662. The molecule has 0 aliphatic heterocycles. The molecule has 4 rings (SSSR count). The van der Waals surface area contributed by atoms with Crippen LogP contribution in [-0.4, -0.2) is 37.8 Å². The highest BCUT2D eigenvalue weighted by Gasteiger charge is 2.10. The normalized spacial score (nSPS) is 11.1. The van der Waals surface area contributed by atoms with Crippen molar-refractivity contribution in [2.24, 2.45) is 0 Å². The summed E-state index contributed by atoms with van der Waals surface area (Å²) >= 11 is 11.8. The number of anilines is 1. The van der Waals surface area contributed by atoms with Gasteiger partial charge in [-0.1, -0.05) is 42.5 Å². The molecular weight excluding hydrogens is 503 g/mol. The standard InChI is InChI=1S/C20H21Cl2N2.C7H8O3S/c21-11-14-23(15-12-22)19-9-7-17(8-10-19)16-24-13-3-5-18-4-1-2-6-20(18)24;1-6-4-2-3-5-7(6)11(8,9)10/h1-10,13H,11-12,14-16H2;2-5H,1H3,(H,8,9,10)/q+1;/p-1. The van der Waals surface area contributed by atoms with Crippen molar-refractivity contribution in [1.29, 1.82) is 0 Å². The first-order valence-electron chi connectivity index (χ1n) is 11.2. The fourth-order valence-electron chi connectivity index (χ4n) is 3.78. The molecule has 0 saturated carbocycles. The Labute approximate surface area is 217 Å². The molecule has 0 aliphatic carbocycles. The van der Waals surface area contributed by atoms with Crippen LogP contribution < -0.4 is 9.47 Å². The Morgan fingerprint density at radius 1 is 0.829 bits per heavy atom. The van der Waals surface area contributed by atoms with Gasteiger partial charge in [-0.15, -0.1) is 23.2 Å². The van der Waals surface area contributed by atoms with Crippen LogP contribution in [-0.2, 0) is 16.7 Å². The summed E-state index contributed by atoms with van der Waals surface area (Å²) in [5.41, 5.74) is 4.18. The second-order valence-corrected chi connectivity index (χ2v) is 10.0. The van der Waals surface area contributed by atoms with Crippen LogP contribution in [0.2, 0.25) is 0 Å². The second kappa shape index (κ2) is 12.9. The Balaban J connectivity index is 0.000000261. The molecule has 0 radical (unpaired) electrons. The summed E-state index contributed by atoms with van der Waals surface area (Å²) in [4.78, 5) is 2.08. The Kier molecular flexibility index (Phi) is 9.93. The number of fused-ring (bicyclic) bond motifs is 1. The van der Waals surface area contributed by atoms with E-state index in [0.717, 1.165) is 19.6 Å². The number of hydrogen-bond donors (Lipinski definition) is 0. The van der Waals surface area contributed by atoms with E-state index in [1.54, 1.807) is 19.1 Å². The van der Waals surface area contributed by atoms with Crippen molar-refractivity contribution in [3.8, 4) is 0 Å². The van der Waals surface area contributed by atoms with Gasteiger partial charge in [-0.3, -0.25) is 0 Å². The molecule has 0 N–H and O–H groups in total. The van der Waals surface area contributed by atoms with Gasteiger partial charge >= 0.3 is 0 Å². The molecule has 184 valence electrons. The van der Waals surface area contributed by atoms with Gasteiger partial charge in [0, 0.05) is 53.6 Å². The number of aromatic nitrogens is 1. The van der Waals surface area contributed by atoms with E-state index in [0.29, 0.717) is 17.3 Å². The van der Waals surface area contributed by atoms with Gasteiger partial charge in [0.25, 0.3) is 0 Å². The summed E-state index contributed by atoms with van der Waals surface area (Å²) < 4.78 is 33.8. The molecule has 0 unspecified atom stereocenters. The van der Waals surface area contributed by atoms with Crippen molar-refractivity contribution in [2.75, 3.05) is 29.7 Å². The number of nitrogens with zero attached hydrogens (tertiary/aromatic N) is 2. The summed E-state index contributed by atoms with van der Waals surface area (Å²) in [7, 11) is -4.28. The van der Waals surface area contributed by atoms with Gasteiger partial charge in [0.1, 0.15) is 10.1 Å². The zero-order chi connectivity index (χ0) is 25.3. The monoisotopic (exact) mass is 530 g/mol. The number of halogens is 2. The minimum absolute atomic E-state index is 0.139. The zero-order valence-corrected chi connectivity index (χ0v) is 21.8. The van der Waals surface area contributed by atoms with E-state index in [2.05, 4.69) is 76.3 Å². The molecule has 5 nitrogen and oxygen atoms in total. The molecule has 0 fully saturated rings. The number of hydrogen-bond acceptors (Lipinski definition) is 4. The van der Waals surface area contributed by atoms with Gasteiger partial charge in [-0.2, -0.15) is 4.57 Å². The first kappa shape index (κ1) is 27.0. The van der Waals surface area contributed by atoms with Crippen LogP contribution in [0.1, 0.15) is 11.1 Å². The Bertz CT molecular complexity index is 1330. The molecule has 0 bridgehead atoms. The van der Waals surface area contributed by atoms with Gasteiger partial charge in [-0.25, -0.2) is 8.42 Å². The fraction of sp³-hybridized carbons (Fsp3) is 0.222. The average Bonchev–Trinajstić information content (AvgIpc) is 2.85. The molecule has 8 heteroatoms. The number of rotatable bonds is 8. The summed E-state index contributed by atoms with van der Waals surface area (Å²) in [5.74, 6) is 1.20. The number of benzene rings is 3. The third-order valence-corrected chi connectivity index (χ3v) is 6.85. The van der Waals surface area contributed by atoms with Crippen LogP contribution in [0.15, 0.2) is 96.0 Å². The van der Waals surface area contributed by atoms with E-state index >= 15 is 0 Å². The summed E-state index contributed by atoms with van der Waals surface area (Å²) in [6.07, 6.45) is 2.13. The van der Waals surface area contributed by atoms with Gasteiger partial charge in [-0.05, 0) is 42.8 Å². The third kappa shape index (κ3) is 7.67. The van der Waals surface area contributed by atoms with E-state index < -0.39 is 10.1 Å². The molecule has 35 heavy (non-hydrogen) atoms. The summed E-state index contributed by atoms with van der Waals surface area (Å²) in [5, 5.41) is 1.26. The third-order valence-electron chi connectivity index (χ3n) is 5.51. The van der Waals surface area contributed by atoms with Crippen LogP contribution in [0.4, 0.5) is 5.69 Å². The Morgan fingerprint density at radius 2 is 1.43 bits per heavy atom. The van der Waals surface area contributed by atoms with Crippen LogP contribution in [0.5, 0.6) is 0 Å². The lowest BCUT2D eigenvalue weighted by atomic mass is 10.1. The maximum absolute atomic E-state index is 10.5. The SMILES string of the molecule is Cc1ccccc1S(=O)(=O)[O-].ClCCN(CCCl)c1ccc(C[n+]2cccc3ccccc32)cc1. The number of aryl methyl sites for hydroxylation is 1. The van der Waals surface area contributed by atoms with E-state index in [4.69, 9.17) is 23.2 Å². The summed E-state index contributed by atoms with van der Waals surface area (Å²) in [6.45, 7) is 4.06. The van der Waals surface area contributed by atoms with Gasteiger partial charge in [0.15, 0.2) is 12.7 Å². The maximum atomic E-state index is 10.5. The minimum Gasteiger partial charge on any atom is -0.744 e. The van der Waals surface area contributed by atoms with Crippen molar-refractivity contribution in [2.45, 2.75) is 18.4 Å². The van der Waals surface area contributed by atoms with E-state index in [1.165, 1.54) is 34.3 Å². The summed E-state index contributed by atoms with van der Waals surface area (Å²) in [6, 6.07) is 27.5. The van der Waals surface area contributed by atoms with E-state index in [9.17, 15) is 13.0 Å². The van der Waals surface area contributed by atoms with Gasteiger partial charge in [0.05, 0.1) is 4.90 Å². The van der Waals surface area contributed by atoms with Crippen LogP contribution in [0, 0.1) is 6.92 Å². The topological polar surface area (TPSA) is 64.3 Å². The minimum atomic E-state index is -4.28. The predicted molar refractivity (Wildman–Crippen MR) is 142 cm³/mol. The first-order valence-corrected chi connectivity index (χ1v) is 13.7. The van der Waals surface area contributed by atoms with Crippen LogP contribution >= 0.6 is 23.2 Å². The number of para-hydroxylation sites is 1.